The van der Waals surface area contributed by atoms with Crippen LogP contribution in [-0.2, 0) is 7.05 Å². The highest BCUT2D eigenvalue weighted by atomic mass is 16.7. The van der Waals surface area contributed by atoms with Gasteiger partial charge in [0, 0.05) is 5.39 Å². The molecule has 0 bridgehead atoms. The molecule has 11 heteroatoms. The molecule has 2 aliphatic heterocycles. The first kappa shape index (κ1) is 25.2. The van der Waals surface area contributed by atoms with E-state index in [1.807, 2.05) is 12.1 Å². The fourth-order valence-electron chi connectivity index (χ4n) is 4.58. The fourth-order valence-corrected chi connectivity index (χ4v) is 4.58. The third-order valence-electron chi connectivity index (χ3n) is 6.54. The maximum Gasteiger partial charge on any atom is 0.231 e. The summed E-state index contributed by atoms with van der Waals surface area (Å²) >= 11 is 0. The van der Waals surface area contributed by atoms with Crippen molar-refractivity contribution in [1.29, 1.82) is 0 Å². The molecular formula is C26H28NO10+. The third kappa shape index (κ3) is 4.46. The Hall–Kier alpha value is -3.45. The molecule has 0 spiro atoms. The zero-order valence-corrected chi connectivity index (χ0v) is 19.9. The van der Waals surface area contributed by atoms with Gasteiger partial charge in [-0.25, -0.2) is 0 Å². The number of aliphatic hydroxyl groups excluding tert-OH is 6. The van der Waals surface area contributed by atoms with E-state index < -0.39 is 37.6 Å². The van der Waals surface area contributed by atoms with Gasteiger partial charge < -0.3 is 49.6 Å². The van der Waals surface area contributed by atoms with Crippen LogP contribution in [0, 0.1) is 0 Å². The second-order valence-corrected chi connectivity index (χ2v) is 8.87. The summed E-state index contributed by atoms with van der Waals surface area (Å²) < 4.78 is 24.4. The van der Waals surface area contributed by atoms with Crippen LogP contribution < -0.4 is 23.5 Å². The van der Waals surface area contributed by atoms with Crippen LogP contribution in [-0.4, -0.2) is 81.9 Å². The highest BCUT2D eigenvalue weighted by molar-refractivity contribution is 6.15. The molecule has 2 aliphatic rings. The van der Waals surface area contributed by atoms with Gasteiger partial charge >= 0.3 is 0 Å². The minimum Gasteiger partial charge on any atom is -0.454 e. The van der Waals surface area contributed by atoms with Crippen molar-refractivity contribution in [2.75, 3.05) is 26.8 Å². The molecule has 4 aromatic rings. The van der Waals surface area contributed by atoms with Gasteiger partial charge in [0.15, 0.2) is 29.2 Å². The predicted octanol–water partition coefficient (Wildman–Crippen LogP) is -0.157. The lowest BCUT2D eigenvalue weighted by molar-refractivity contribution is -0.642. The molecule has 0 fully saturated rings. The van der Waals surface area contributed by atoms with Gasteiger partial charge in [-0.05, 0) is 35.7 Å². The molecule has 3 heterocycles. The molecule has 196 valence electrons. The van der Waals surface area contributed by atoms with E-state index in [4.69, 9.17) is 49.6 Å². The number of aryl methyl sites for hydroxylation is 1. The summed E-state index contributed by atoms with van der Waals surface area (Å²) in [7, 11) is 2.06. The van der Waals surface area contributed by atoms with E-state index in [1.165, 1.54) is 5.39 Å². The van der Waals surface area contributed by atoms with Gasteiger partial charge in [-0.15, -0.1) is 0 Å². The van der Waals surface area contributed by atoms with Crippen LogP contribution in [0.3, 0.4) is 0 Å². The van der Waals surface area contributed by atoms with Gasteiger partial charge in [0.05, 0.1) is 29.4 Å². The monoisotopic (exact) mass is 514 g/mol. The van der Waals surface area contributed by atoms with Crippen LogP contribution in [0.4, 0.5) is 0 Å². The lowest BCUT2D eigenvalue weighted by atomic mass is 10.00. The molecule has 0 amide bonds. The van der Waals surface area contributed by atoms with Crippen LogP contribution in [0.15, 0.2) is 42.6 Å². The van der Waals surface area contributed by atoms with Gasteiger partial charge in [0.25, 0.3) is 0 Å². The van der Waals surface area contributed by atoms with Crippen molar-refractivity contribution in [3.05, 3.63) is 42.6 Å². The highest BCUT2D eigenvalue weighted by Gasteiger charge is 2.29. The lowest BCUT2D eigenvalue weighted by Crippen LogP contribution is -2.46. The molecule has 6 N–H and O–H groups in total. The Morgan fingerprint density at radius 1 is 0.703 bits per heavy atom. The average molecular weight is 515 g/mol. The maximum atomic E-state index is 8.96. The largest absolute Gasteiger partial charge is 0.454 e. The van der Waals surface area contributed by atoms with E-state index in [0.717, 1.165) is 50.1 Å². The Morgan fingerprint density at radius 2 is 1.30 bits per heavy atom. The van der Waals surface area contributed by atoms with Gasteiger partial charge in [-0.1, -0.05) is 6.07 Å². The predicted molar refractivity (Wildman–Crippen MR) is 131 cm³/mol. The smallest absolute Gasteiger partial charge is 0.231 e. The van der Waals surface area contributed by atoms with Crippen molar-refractivity contribution in [3.63, 3.8) is 0 Å². The van der Waals surface area contributed by atoms with Crippen molar-refractivity contribution in [2.45, 2.75) is 24.4 Å². The Morgan fingerprint density at radius 3 is 1.97 bits per heavy atom. The third-order valence-corrected chi connectivity index (χ3v) is 6.54. The Labute approximate surface area is 210 Å². The van der Waals surface area contributed by atoms with Crippen LogP contribution in [0.2, 0.25) is 0 Å². The van der Waals surface area contributed by atoms with Crippen LogP contribution in [0.25, 0.3) is 32.4 Å². The van der Waals surface area contributed by atoms with Crippen molar-refractivity contribution in [2.24, 2.45) is 7.05 Å². The van der Waals surface area contributed by atoms with Crippen molar-refractivity contribution in [3.8, 4) is 23.0 Å². The highest BCUT2D eigenvalue weighted by Crippen LogP contribution is 2.43. The summed E-state index contributed by atoms with van der Waals surface area (Å²) in [6, 6.07) is 12.5. The number of benzene rings is 3. The first-order chi connectivity index (χ1) is 17.8. The minimum absolute atomic E-state index is 0.275. The molecule has 0 unspecified atom stereocenters. The van der Waals surface area contributed by atoms with Gasteiger partial charge in [0.1, 0.15) is 31.5 Å². The second kappa shape index (κ2) is 10.1. The zero-order chi connectivity index (χ0) is 26.3. The number of aromatic nitrogens is 1. The van der Waals surface area contributed by atoms with Crippen LogP contribution in [0.5, 0.6) is 23.0 Å². The number of pyridine rings is 1. The molecule has 4 atom stereocenters. The summed E-state index contributed by atoms with van der Waals surface area (Å²) in [5.74, 6) is 3.22. The van der Waals surface area contributed by atoms with E-state index in [2.05, 4.69) is 42.1 Å². The maximum absolute atomic E-state index is 8.96. The van der Waals surface area contributed by atoms with Crippen LogP contribution >= 0.6 is 0 Å². The summed E-state index contributed by atoms with van der Waals surface area (Å²) in [6.45, 7) is -0.897. The fraction of sp³-hybridized carbons (Fsp3) is 0.346. The Kier molecular flexibility index (Phi) is 6.90. The second-order valence-electron chi connectivity index (χ2n) is 8.87. The minimum atomic E-state index is -1.67. The SMILES string of the molecule is C[n+]1cc2c3c(ccc2c2ccc4cc5c(cc4c21)OCO5)OCO3.OC[C@@H](O)[C@@H](O)[C@H](O)[C@@H](O)CO. The zero-order valence-electron chi connectivity index (χ0n) is 19.9. The van der Waals surface area contributed by atoms with Crippen molar-refractivity contribution >= 4 is 32.4 Å². The molecule has 1 aromatic heterocycles. The molecule has 3 aromatic carbocycles. The number of rotatable bonds is 5. The summed E-state index contributed by atoms with van der Waals surface area (Å²) in [5, 5.41) is 57.8. The first-order valence-corrected chi connectivity index (χ1v) is 11.6. The Bertz CT molecular complexity index is 1440. The van der Waals surface area contributed by atoms with Crippen molar-refractivity contribution < 1.29 is 54.2 Å². The average Bonchev–Trinajstić information content (AvgIpc) is 3.59. The molecule has 6 rings (SSSR count). The van der Waals surface area contributed by atoms with E-state index in [9.17, 15) is 0 Å². The number of hydrogen-bond donors (Lipinski definition) is 6. The number of hydrogen-bond acceptors (Lipinski definition) is 10. The topological polar surface area (TPSA) is 162 Å². The molecule has 37 heavy (non-hydrogen) atoms. The number of aliphatic hydroxyl groups is 6. The molecule has 11 nitrogen and oxygen atoms in total. The molecule has 0 aliphatic carbocycles. The number of nitrogens with zero attached hydrogens (tertiary/aromatic N) is 1. The lowest BCUT2D eigenvalue weighted by Gasteiger charge is -2.24. The van der Waals surface area contributed by atoms with E-state index in [-0.39, 0.29) is 13.6 Å². The normalized spacial score (nSPS) is 16.9. The summed E-state index contributed by atoms with van der Waals surface area (Å²) in [4.78, 5) is 0. The Balaban J connectivity index is 0.000000201. The standard InChI is InChI=1S/C20H14NO4.C6H14O6/c1-21-8-15-12(4-5-16-20(15)25-10-22-16)13-3-2-11-6-17-18(24-9-23-17)7-14(11)19(13)21;7-1-3(9)5(11)6(12)4(10)2-8/h2-8H,9-10H2,1H3;3-12H,1-2H2/q+1;/t;3-,4+,5-,6-/m.1/s1. The van der Waals surface area contributed by atoms with Crippen LogP contribution in [0.1, 0.15) is 0 Å². The van der Waals surface area contributed by atoms with E-state index >= 15 is 0 Å². The van der Waals surface area contributed by atoms with Gasteiger partial charge in [-0.2, -0.15) is 4.57 Å². The summed E-state index contributed by atoms with van der Waals surface area (Å²) in [6.07, 6.45) is -4.29. The van der Waals surface area contributed by atoms with Crippen molar-refractivity contribution in [1.82, 2.24) is 0 Å². The number of fused-ring (bicyclic) bond motifs is 8. The first-order valence-electron chi connectivity index (χ1n) is 11.6. The molecular weight excluding hydrogens is 486 g/mol. The molecule has 0 saturated carbocycles. The molecule has 0 saturated heterocycles. The van der Waals surface area contributed by atoms with Gasteiger partial charge in [-0.3, -0.25) is 0 Å². The van der Waals surface area contributed by atoms with E-state index in [0.29, 0.717) is 0 Å². The quantitative estimate of drug-likeness (QED) is 0.156. The summed E-state index contributed by atoms with van der Waals surface area (Å²) in [5.41, 5.74) is 1.15. The number of ether oxygens (including phenoxy) is 4. The van der Waals surface area contributed by atoms with Gasteiger partial charge in [0.2, 0.25) is 19.1 Å². The van der Waals surface area contributed by atoms with E-state index in [1.54, 1.807) is 0 Å². The molecule has 0 radical (unpaired) electrons.